The van der Waals surface area contributed by atoms with Crippen LogP contribution in [-0.4, -0.2) is 35.1 Å². The standard InChI is InChI=1S/C16H17NO5/c1-16(2,3)22-15(20)17-8-11-6-5-10(7-12(11)9-17)13(18)14(19)21-4/h5-9H,1-4H3. The van der Waals surface area contributed by atoms with E-state index in [0.29, 0.717) is 5.39 Å². The molecule has 0 radical (unpaired) electrons. The third-order valence-electron chi connectivity index (χ3n) is 2.88. The number of esters is 1. The van der Waals surface area contributed by atoms with Gasteiger partial charge in [-0.15, -0.1) is 0 Å². The Morgan fingerprint density at radius 3 is 2.27 bits per heavy atom. The van der Waals surface area contributed by atoms with E-state index < -0.39 is 23.4 Å². The van der Waals surface area contributed by atoms with Crippen LogP contribution >= 0.6 is 0 Å². The van der Waals surface area contributed by atoms with E-state index in [4.69, 9.17) is 4.74 Å². The summed E-state index contributed by atoms with van der Waals surface area (Å²) in [6.45, 7) is 5.34. The monoisotopic (exact) mass is 303 g/mol. The summed E-state index contributed by atoms with van der Waals surface area (Å²) >= 11 is 0. The van der Waals surface area contributed by atoms with Crippen LogP contribution in [-0.2, 0) is 14.3 Å². The van der Waals surface area contributed by atoms with E-state index >= 15 is 0 Å². The van der Waals surface area contributed by atoms with Crippen molar-refractivity contribution >= 4 is 28.6 Å². The minimum absolute atomic E-state index is 0.210. The molecule has 1 aromatic carbocycles. The third kappa shape index (κ3) is 3.33. The molecule has 22 heavy (non-hydrogen) atoms. The van der Waals surface area contributed by atoms with E-state index in [9.17, 15) is 14.4 Å². The summed E-state index contributed by atoms with van der Waals surface area (Å²) in [5.74, 6) is -1.65. The lowest BCUT2D eigenvalue weighted by Gasteiger charge is -2.19. The van der Waals surface area contributed by atoms with E-state index in [0.717, 1.165) is 12.5 Å². The first kappa shape index (κ1) is 15.8. The number of fused-ring (bicyclic) bond motifs is 1. The maximum Gasteiger partial charge on any atom is 0.418 e. The number of aromatic nitrogens is 1. The maximum atomic E-state index is 12.0. The zero-order valence-corrected chi connectivity index (χ0v) is 12.9. The van der Waals surface area contributed by atoms with Gasteiger partial charge in [0.05, 0.1) is 7.11 Å². The molecule has 6 nitrogen and oxygen atoms in total. The van der Waals surface area contributed by atoms with E-state index in [2.05, 4.69) is 4.74 Å². The number of carbonyl (C=O) groups excluding carboxylic acids is 3. The van der Waals surface area contributed by atoms with E-state index in [-0.39, 0.29) is 5.56 Å². The van der Waals surface area contributed by atoms with Crippen LogP contribution in [0.3, 0.4) is 0 Å². The number of rotatable bonds is 2. The van der Waals surface area contributed by atoms with Crippen molar-refractivity contribution in [3.05, 3.63) is 36.2 Å². The van der Waals surface area contributed by atoms with Crippen LogP contribution in [0, 0.1) is 0 Å². The maximum absolute atomic E-state index is 12.0. The van der Waals surface area contributed by atoms with E-state index in [1.165, 1.54) is 16.7 Å². The van der Waals surface area contributed by atoms with Crippen molar-refractivity contribution in [2.24, 2.45) is 0 Å². The van der Waals surface area contributed by atoms with Crippen molar-refractivity contribution in [3.63, 3.8) is 0 Å². The highest BCUT2D eigenvalue weighted by Gasteiger charge is 2.20. The molecule has 0 amide bonds. The average Bonchev–Trinajstić information content (AvgIpc) is 2.86. The Morgan fingerprint density at radius 2 is 1.68 bits per heavy atom. The zero-order valence-electron chi connectivity index (χ0n) is 12.9. The van der Waals surface area contributed by atoms with Crippen molar-refractivity contribution in [1.82, 2.24) is 4.57 Å². The Kier molecular flexibility index (Phi) is 4.03. The summed E-state index contributed by atoms with van der Waals surface area (Å²) < 4.78 is 11.0. The van der Waals surface area contributed by atoms with Gasteiger partial charge in [-0.25, -0.2) is 9.59 Å². The number of Topliss-reactive ketones (excluding diaryl/α,β-unsaturated/α-hetero) is 1. The molecule has 0 N–H and O–H groups in total. The average molecular weight is 303 g/mol. The van der Waals surface area contributed by atoms with Gasteiger partial charge in [0.2, 0.25) is 0 Å². The molecule has 0 aliphatic rings. The van der Waals surface area contributed by atoms with Gasteiger partial charge in [0.15, 0.2) is 0 Å². The molecule has 0 fully saturated rings. The molecular weight excluding hydrogens is 286 g/mol. The highest BCUT2D eigenvalue weighted by Crippen LogP contribution is 2.19. The van der Waals surface area contributed by atoms with Gasteiger partial charge in [-0.3, -0.25) is 9.36 Å². The van der Waals surface area contributed by atoms with E-state index in [1.807, 2.05) is 0 Å². The molecule has 0 saturated heterocycles. The van der Waals surface area contributed by atoms with Gasteiger partial charge >= 0.3 is 12.1 Å². The topological polar surface area (TPSA) is 74.6 Å². The van der Waals surface area contributed by atoms with Gasteiger partial charge in [-0.2, -0.15) is 0 Å². The van der Waals surface area contributed by atoms with Gasteiger partial charge < -0.3 is 9.47 Å². The number of hydrogen-bond donors (Lipinski definition) is 0. The number of carbonyl (C=O) groups is 3. The second-order valence-corrected chi connectivity index (χ2v) is 5.81. The number of benzene rings is 1. The number of hydrogen-bond acceptors (Lipinski definition) is 5. The summed E-state index contributed by atoms with van der Waals surface area (Å²) in [6, 6.07) is 4.71. The van der Waals surface area contributed by atoms with Gasteiger partial charge in [0, 0.05) is 28.7 Å². The molecule has 1 heterocycles. The van der Waals surface area contributed by atoms with Crippen molar-refractivity contribution in [1.29, 1.82) is 0 Å². The zero-order chi connectivity index (χ0) is 16.5. The SMILES string of the molecule is COC(=O)C(=O)c1ccc2cn(C(=O)OC(C)(C)C)cc2c1. The molecule has 0 spiro atoms. The van der Waals surface area contributed by atoms with Crippen molar-refractivity contribution in [2.45, 2.75) is 26.4 Å². The first-order valence-electron chi connectivity index (χ1n) is 6.69. The molecule has 0 unspecified atom stereocenters. The first-order chi connectivity index (χ1) is 10.2. The van der Waals surface area contributed by atoms with Crippen LogP contribution < -0.4 is 0 Å². The molecule has 0 atom stereocenters. The van der Waals surface area contributed by atoms with Crippen molar-refractivity contribution in [3.8, 4) is 0 Å². The highest BCUT2D eigenvalue weighted by atomic mass is 16.6. The van der Waals surface area contributed by atoms with E-state index in [1.54, 1.807) is 39.2 Å². The largest absolute Gasteiger partial charge is 0.463 e. The Labute approximate surface area is 127 Å². The minimum atomic E-state index is -0.925. The van der Waals surface area contributed by atoms with Crippen LogP contribution in [0.1, 0.15) is 31.1 Å². The Balaban J connectivity index is 2.34. The molecule has 0 aliphatic heterocycles. The molecule has 2 rings (SSSR count). The van der Waals surface area contributed by atoms with Gasteiger partial charge in [-0.1, -0.05) is 12.1 Å². The molecule has 6 heteroatoms. The highest BCUT2D eigenvalue weighted by molar-refractivity contribution is 6.40. The summed E-state index contributed by atoms with van der Waals surface area (Å²) in [5, 5.41) is 1.41. The van der Waals surface area contributed by atoms with Gasteiger partial charge in [0.1, 0.15) is 5.60 Å². The summed E-state index contributed by atoms with van der Waals surface area (Å²) in [7, 11) is 1.15. The Morgan fingerprint density at radius 1 is 1.05 bits per heavy atom. The molecule has 0 aliphatic carbocycles. The second kappa shape index (κ2) is 5.63. The van der Waals surface area contributed by atoms with Crippen LogP contribution in [0.2, 0.25) is 0 Å². The quantitative estimate of drug-likeness (QED) is 0.484. The second-order valence-electron chi connectivity index (χ2n) is 5.81. The smallest absolute Gasteiger partial charge is 0.418 e. The predicted octanol–water partition coefficient (Wildman–Crippen LogP) is 2.78. The molecule has 0 saturated carbocycles. The molecule has 2 aromatic rings. The predicted molar refractivity (Wildman–Crippen MR) is 79.9 cm³/mol. The van der Waals surface area contributed by atoms with Crippen molar-refractivity contribution in [2.75, 3.05) is 7.11 Å². The normalized spacial score (nSPS) is 11.3. The Bertz CT molecular complexity index is 751. The van der Waals surface area contributed by atoms with Crippen LogP contribution in [0.25, 0.3) is 10.8 Å². The number of ether oxygens (including phenoxy) is 2. The van der Waals surface area contributed by atoms with Crippen LogP contribution in [0.4, 0.5) is 4.79 Å². The minimum Gasteiger partial charge on any atom is -0.463 e. The van der Waals surface area contributed by atoms with Crippen LogP contribution in [0.15, 0.2) is 30.6 Å². The number of methoxy groups -OCH3 is 1. The summed E-state index contributed by atoms with van der Waals surface area (Å²) in [6.07, 6.45) is 2.65. The summed E-state index contributed by atoms with van der Waals surface area (Å²) in [5.41, 5.74) is -0.388. The lowest BCUT2D eigenvalue weighted by Crippen LogP contribution is -2.26. The van der Waals surface area contributed by atoms with Crippen molar-refractivity contribution < 1.29 is 23.9 Å². The summed E-state index contributed by atoms with van der Waals surface area (Å²) in [4.78, 5) is 35.0. The van der Waals surface area contributed by atoms with Gasteiger partial charge in [-0.05, 0) is 26.8 Å². The number of nitrogens with zero attached hydrogens (tertiary/aromatic N) is 1. The lowest BCUT2D eigenvalue weighted by molar-refractivity contribution is -0.135. The fraction of sp³-hybridized carbons (Fsp3) is 0.312. The third-order valence-corrected chi connectivity index (χ3v) is 2.88. The first-order valence-corrected chi connectivity index (χ1v) is 6.69. The fourth-order valence-corrected chi connectivity index (χ4v) is 1.91. The Hall–Kier alpha value is -2.63. The molecule has 0 bridgehead atoms. The fourth-order valence-electron chi connectivity index (χ4n) is 1.91. The molecule has 1 aromatic heterocycles. The molecular formula is C16H17NO5. The number of ketones is 1. The molecule has 116 valence electrons. The van der Waals surface area contributed by atoms with Gasteiger partial charge in [0.25, 0.3) is 5.78 Å². The van der Waals surface area contributed by atoms with Crippen LogP contribution in [0.5, 0.6) is 0 Å². The lowest BCUT2D eigenvalue weighted by atomic mass is 10.1.